The van der Waals surface area contributed by atoms with Crippen molar-refractivity contribution in [3.63, 3.8) is 0 Å². The lowest BCUT2D eigenvalue weighted by Gasteiger charge is -2.13. The van der Waals surface area contributed by atoms with Crippen molar-refractivity contribution >= 4 is 11.8 Å². The van der Waals surface area contributed by atoms with Crippen LogP contribution in [0.4, 0.5) is 11.8 Å². The van der Waals surface area contributed by atoms with Crippen LogP contribution < -0.4 is 15.8 Å². The summed E-state index contributed by atoms with van der Waals surface area (Å²) in [6.45, 7) is 5.69. The summed E-state index contributed by atoms with van der Waals surface area (Å²) in [7, 11) is 0. The molecule has 5 heteroatoms. The monoisotopic (exact) mass is 314 g/mol. The summed E-state index contributed by atoms with van der Waals surface area (Å²) < 4.78 is 5.98. The molecule has 1 aromatic heterocycles. The average molecular weight is 314 g/mol. The standard InChI is InChI=1S/C18H26N4O/c1-3-4-5-6-11-23-16-12-14(2)7-8-15(16)13-21-17-9-10-20-18(19)22-17/h7-10,12H,3-6,11,13H2,1-2H3,(H3,19,20,21,22). The van der Waals surface area contributed by atoms with Gasteiger partial charge in [-0.3, -0.25) is 0 Å². The first-order valence-corrected chi connectivity index (χ1v) is 8.23. The Kier molecular flexibility index (Phi) is 6.66. The van der Waals surface area contributed by atoms with E-state index in [4.69, 9.17) is 10.5 Å². The summed E-state index contributed by atoms with van der Waals surface area (Å²) in [5, 5.41) is 3.26. The second-order valence-corrected chi connectivity index (χ2v) is 5.67. The number of nitrogens with one attached hydrogen (secondary N) is 1. The van der Waals surface area contributed by atoms with E-state index in [1.165, 1.54) is 24.8 Å². The molecule has 2 aromatic rings. The topological polar surface area (TPSA) is 73.1 Å². The summed E-state index contributed by atoms with van der Waals surface area (Å²) in [5.41, 5.74) is 7.91. The van der Waals surface area contributed by atoms with Crippen LogP contribution in [0, 0.1) is 6.92 Å². The molecule has 0 aliphatic rings. The third kappa shape index (κ3) is 5.77. The van der Waals surface area contributed by atoms with Gasteiger partial charge >= 0.3 is 0 Å². The number of nitrogens with zero attached hydrogens (tertiary/aromatic N) is 2. The third-order valence-electron chi connectivity index (χ3n) is 3.61. The molecule has 5 nitrogen and oxygen atoms in total. The maximum Gasteiger partial charge on any atom is 0.221 e. The molecule has 0 unspecified atom stereocenters. The molecular formula is C18H26N4O. The summed E-state index contributed by atoms with van der Waals surface area (Å²) in [4.78, 5) is 8.04. The Labute approximate surface area is 138 Å². The number of benzene rings is 1. The van der Waals surface area contributed by atoms with Gasteiger partial charge in [-0.05, 0) is 31.0 Å². The van der Waals surface area contributed by atoms with Crippen LogP contribution in [0.1, 0.15) is 43.7 Å². The summed E-state index contributed by atoms with van der Waals surface area (Å²) in [6.07, 6.45) is 6.46. The highest BCUT2D eigenvalue weighted by atomic mass is 16.5. The first-order valence-electron chi connectivity index (χ1n) is 8.23. The number of aryl methyl sites for hydroxylation is 1. The molecule has 0 saturated carbocycles. The van der Waals surface area contributed by atoms with Crippen LogP contribution in [-0.4, -0.2) is 16.6 Å². The number of nitrogens with two attached hydrogens (primary N) is 1. The van der Waals surface area contributed by atoms with Gasteiger partial charge in [0.15, 0.2) is 0 Å². The first-order chi connectivity index (χ1) is 11.2. The maximum atomic E-state index is 5.98. The maximum absolute atomic E-state index is 5.98. The Morgan fingerprint density at radius 3 is 2.83 bits per heavy atom. The predicted molar refractivity (Wildman–Crippen MR) is 94.6 cm³/mol. The van der Waals surface area contributed by atoms with Crippen molar-refractivity contribution in [1.82, 2.24) is 9.97 Å². The molecule has 23 heavy (non-hydrogen) atoms. The highest BCUT2D eigenvalue weighted by Gasteiger charge is 2.05. The van der Waals surface area contributed by atoms with E-state index in [0.29, 0.717) is 12.4 Å². The smallest absolute Gasteiger partial charge is 0.221 e. The van der Waals surface area contributed by atoms with E-state index in [-0.39, 0.29) is 5.95 Å². The second kappa shape index (κ2) is 8.98. The van der Waals surface area contributed by atoms with Crippen molar-refractivity contribution in [2.75, 3.05) is 17.7 Å². The molecule has 0 fully saturated rings. The number of hydrogen-bond acceptors (Lipinski definition) is 5. The molecule has 0 radical (unpaired) electrons. The fourth-order valence-corrected chi connectivity index (χ4v) is 2.31. The number of rotatable bonds is 9. The molecule has 0 atom stereocenters. The van der Waals surface area contributed by atoms with Crippen molar-refractivity contribution in [3.8, 4) is 5.75 Å². The van der Waals surface area contributed by atoms with Crippen LogP contribution in [0.2, 0.25) is 0 Å². The molecule has 1 aromatic carbocycles. The Morgan fingerprint density at radius 2 is 2.04 bits per heavy atom. The minimum Gasteiger partial charge on any atom is -0.493 e. The van der Waals surface area contributed by atoms with Gasteiger partial charge < -0.3 is 15.8 Å². The number of aromatic nitrogens is 2. The molecule has 0 saturated heterocycles. The van der Waals surface area contributed by atoms with Gasteiger partial charge in [-0.1, -0.05) is 38.3 Å². The van der Waals surface area contributed by atoms with E-state index in [1.807, 2.05) is 0 Å². The van der Waals surface area contributed by atoms with Gasteiger partial charge in [0.2, 0.25) is 5.95 Å². The number of hydrogen-bond donors (Lipinski definition) is 2. The van der Waals surface area contributed by atoms with Crippen LogP contribution in [-0.2, 0) is 6.54 Å². The zero-order valence-corrected chi connectivity index (χ0v) is 14.0. The molecule has 3 N–H and O–H groups in total. The van der Waals surface area contributed by atoms with Crippen molar-refractivity contribution in [1.29, 1.82) is 0 Å². The highest BCUT2D eigenvalue weighted by Crippen LogP contribution is 2.22. The van der Waals surface area contributed by atoms with E-state index < -0.39 is 0 Å². The highest BCUT2D eigenvalue weighted by molar-refractivity contribution is 5.42. The van der Waals surface area contributed by atoms with E-state index >= 15 is 0 Å². The molecule has 0 aliphatic carbocycles. The first kappa shape index (κ1) is 17.1. The van der Waals surface area contributed by atoms with Crippen molar-refractivity contribution < 1.29 is 4.74 Å². The van der Waals surface area contributed by atoms with Crippen molar-refractivity contribution in [2.24, 2.45) is 0 Å². The summed E-state index contributed by atoms with van der Waals surface area (Å²) in [6, 6.07) is 8.07. The largest absolute Gasteiger partial charge is 0.493 e. The normalized spacial score (nSPS) is 10.5. The minimum absolute atomic E-state index is 0.270. The lowest BCUT2D eigenvalue weighted by molar-refractivity contribution is 0.302. The van der Waals surface area contributed by atoms with Gasteiger partial charge in [-0.2, -0.15) is 4.98 Å². The molecular weight excluding hydrogens is 288 g/mol. The average Bonchev–Trinajstić information content (AvgIpc) is 2.54. The van der Waals surface area contributed by atoms with Crippen LogP contribution in [0.15, 0.2) is 30.5 Å². The summed E-state index contributed by atoms with van der Waals surface area (Å²) >= 11 is 0. The number of ether oxygens (including phenoxy) is 1. The molecule has 0 spiro atoms. The fourth-order valence-electron chi connectivity index (χ4n) is 2.31. The summed E-state index contributed by atoms with van der Waals surface area (Å²) in [5.74, 6) is 1.93. The number of unbranched alkanes of at least 4 members (excludes halogenated alkanes) is 3. The molecule has 0 amide bonds. The van der Waals surface area contributed by atoms with Gasteiger partial charge in [-0.15, -0.1) is 0 Å². The van der Waals surface area contributed by atoms with Crippen LogP contribution in [0.25, 0.3) is 0 Å². The van der Waals surface area contributed by atoms with Crippen molar-refractivity contribution in [2.45, 2.75) is 46.1 Å². The third-order valence-corrected chi connectivity index (χ3v) is 3.61. The van der Waals surface area contributed by atoms with Gasteiger partial charge in [0.25, 0.3) is 0 Å². The fraction of sp³-hybridized carbons (Fsp3) is 0.444. The second-order valence-electron chi connectivity index (χ2n) is 5.67. The minimum atomic E-state index is 0.270. The van der Waals surface area contributed by atoms with Crippen LogP contribution >= 0.6 is 0 Å². The molecule has 0 aliphatic heterocycles. The Bertz CT molecular complexity index is 616. The molecule has 1 heterocycles. The zero-order chi connectivity index (χ0) is 16.5. The lowest BCUT2D eigenvalue weighted by atomic mass is 10.1. The molecule has 124 valence electrons. The molecule has 0 bridgehead atoms. The van der Waals surface area contributed by atoms with E-state index in [2.05, 4.69) is 47.3 Å². The van der Waals surface area contributed by atoms with Gasteiger partial charge in [0, 0.05) is 18.3 Å². The number of nitrogen functional groups attached to an aromatic ring is 1. The van der Waals surface area contributed by atoms with Crippen LogP contribution in [0.5, 0.6) is 5.75 Å². The van der Waals surface area contributed by atoms with Gasteiger partial charge in [0.1, 0.15) is 11.6 Å². The Morgan fingerprint density at radius 1 is 1.17 bits per heavy atom. The Balaban J connectivity index is 1.94. The molecule has 2 rings (SSSR count). The zero-order valence-electron chi connectivity index (χ0n) is 14.0. The lowest BCUT2D eigenvalue weighted by Crippen LogP contribution is -2.07. The van der Waals surface area contributed by atoms with Gasteiger partial charge in [0.05, 0.1) is 6.61 Å². The van der Waals surface area contributed by atoms with Crippen molar-refractivity contribution in [3.05, 3.63) is 41.6 Å². The van der Waals surface area contributed by atoms with Gasteiger partial charge in [-0.25, -0.2) is 4.98 Å². The van der Waals surface area contributed by atoms with Crippen LogP contribution in [0.3, 0.4) is 0 Å². The van der Waals surface area contributed by atoms with E-state index in [1.54, 1.807) is 12.3 Å². The SMILES string of the molecule is CCCCCCOc1cc(C)ccc1CNc1ccnc(N)n1. The van der Waals surface area contributed by atoms with E-state index in [9.17, 15) is 0 Å². The Hall–Kier alpha value is -2.30. The number of anilines is 2. The van der Waals surface area contributed by atoms with E-state index in [0.717, 1.165) is 24.3 Å². The predicted octanol–water partition coefficient (Wildman–Crippen LogP) is 3.94. The quantitative estimate of drug-likeness (QED) is 0.686.